The van der Waals surface area contributed by atoms with Crippen LogP contribution in [0.2, 0.25) is 5.02 Å². The van der Waals surface area contributed by atoms with Gasteiger partial charge in [0, 0.05) is 23.0 Å². The summed E-state index contributed by atoms with van der Waals surface area (Å²) in [4.78, 5) is 23.1. The normalized spacial score (nSPS) is 10.8. The predicted octanol–water partition coefficient (Wildman–Crippen LogP) is 2.20. The topological polar surface area (TPSA) is 59.3 Å². The van der Waals surface area contributed by atoms with Gasteiger partial charge in [0.1, 0.15) is 5.69 Å². The van der Waals surface area contributed by atoms with E-state index in [0.29, 0.717) is 15.9 Å². The van der Waals surface area contributed by atoms with E-state index in [9.17, 15) is 9.59 Å². The van der Waals surface area contributed by atoms with E-state index in [1.54, 1.807) is 25.2 Å². The number of aryl methyl sites for hydroxylation is 1. The lowest BCUT2D eigenvalue weighted by Crippen LogP contribution is -2.20. The van der Waals surface area contributed by atoms with Crippen molar-refractivity contribution in [1.82, 2.24) is 4.57 Å². The number of fused-ring (bicyclic) bond motifs is 1. The fraction of sp³-hybridized carbons (Fsp3) is 0.167. The van der Waals surface area contributed by atoms with Crippen molar-refractivity contribution >= 4 is 28.5 Å². The molecular formula is C12H10ClNO3. The van der Waals surface area contributed by atoms with Gasteiger partial charge >= 0.3 is 5.97 Å². The van der Waals surface area contributed by atoms with Gasteiger partial charge in [0.2, 0.25) is 0 Å². The second kappa shape index (κ2) is 3.89. The quantitative estimate of drug-likeness (QED) is 0.845. The number of rotatable bonds is 1. The van der Waals surface area contributed by atoms with Crippen LogP contribution in [0.4, 0.5) is 0 Å². The lowest BCUT2D eigenvalue weighted by molar-refractivity contribution is 0.0685. The number of halogens is 1. The number of aromatic carboxylic acids is 1. The third-order valence-electron chi connectivity index (χ3n) is 2.80. The van der Waals surface area contributed by atoms with E-state index in [-0.39, 0.29) is 16.7 Å². The molecule has 17 heavy (non-hydrogen) atoms. The summed E-state index contributed by atoms with van der Waals surface area (Å²) in [5, 5.41) is 9.99. The van der Waals surface area contributed by atoms with E-state index >= 15 is 0 Å². The first-order valence-electron chi connectivity index (χ1n) is 4.95. The fourth-order valence-electron chi connectivity index (χ4n) is 1.97. The van der Waals surface area contributed by atoms with E-state index in [0.717, 1.165) is 0 Å². The number of carboxylic acid groups (broad SMARTS) is 1. The molecule has 0 saturated carbocycles. The average molecular weight is 252 g/mol. The van der Waals surface area contributed by atoms with Gasteiger partial charge in [-0.15, -0.1) is 0 Å². The molecule has 88 valence electrons. The highest BCUT2D eigenvalue weighted by Gasteiger charge is 2.17. The zero-order chi connectivity index (χ0) is 12.7. The average Bonchev–Trinajstić information content (AvgIpc) is 2.25. The lowest BCUT2D eigenvalue weighted by atomic mass is 10.1. The minimum Gasteiger partial charge on any atom is -0.477 e. The molecule has 1 aromatic carbocycles. The Hall–Kier alpha value is -1.81. The Morgan fingerprint density at radius 3 is 2.65 bits per heavy atom. The molecule has 5 heteroatoms. The summed E-state index contributed by atoms with van der Waals surface area (Å²) in [6.45, 7) is 1.51. The fourth-order valence-corrected chi connectivity index (χ4v) is 2.14. The first-order valence-corrected chi connectivity index (χ1v) is 5.33. The van der Waals surface area contributed by atoms with E-state index in [1.165, 1.54) is 11.5 Å². The van der Waals surface area contributed by atoms with Crippen LogP contribution in [-0.4, -0.2) is 15.6 Å². The Balaban J connectivity index is 3.05. The molecule has 2 aromatic rings. The van der Waals surface area contributed by atoms with Crippen molar-refractivity contribution < 1.29 is 9.90 Å². The van der Waals surface area contributed by atoms with Crippen molar-refractivity contribution in [2.75, 3.05) is 0 Å². The Bertz CT molecular complexity index is 688. The second-order valence-electron chi connectivity index (χ2n) is 3.83. The molecule has 2 rings (SSSR count). The monoisotopic (exact) mass is 251 g/mol. The molecule has 0 spiro atoms. The number of pyridine rings is 1. The number of hydrogen-bond acceptors (Lipinski definition) is 2. The van der Waals surface area contributed by atoms with Gasteiger partial charge in [-0.1, -0.05) is 11.6 Å². The minimum absolute atomic E-state index is 0.00447. The summed E-state index contributed by atoms with van der Waals surface area (Å²) in [6, 6.07) is 4.83. The zero-order valence-electron chi connectivity index (χ0n) is 9.32. The summed E-state index contributed by atoms with van der Waals surface area (Å²) in [6.07, 6.45) is 0. The van der Waals surface area contributed by atoms with Crippen LogP contribution >= 0.6 is 11.6 Å². The number of hydrogen-bond donors (Lipinski definition) is 1. The highest BCUT2D eigenvalue weighted by molar-refractivity contribution is 6.31. The van der Waals surface area contributed by atoms with Crippen LogP contribution < -0.4 is 5.43 Å². The number of carboxylic acids is 1. The molecule has 0 amide bonds. The maximum absolute atomic E-state index is 12.0. The van der Waals surface area contributed by atoms with Crippen LogP contribution in [0.5, 0.6) is 0 Å². The van der Waals surface area contributed by atoms with E-state index in [4.69, 9.17) is 16.7 Å². The van der Waals surface area contributed by atoms with Crippen molar-refractivity contribution in [2.45, 2.75) is 6.92 Å². The SMILES string of the molecule is Cc1c(C(=O)O)n(C)c2ccc(Cl)cc2c1=O. The van der Waals surface area contributed by atoms with Crippen molar-refractivity contribution in [3.05, 3.63) is 44.7 Å². The Morgan fingerprint density at radius 2 is 2.06 bits per heavy atom. The smallest absolute Gasteiger partial charge is 0.352 e. The summed E-state index contributed by atoms with van der Waals surface area (Å²) < 4.78 is 1.49. The number of benzene rings is 1. The van der Waals surface area contributed by atoms with Crippen LogP contribution in [0.1, 0.15) is 16.1 Å². The van der Waals surface area contributed by atoms with Crippen LogP contribution in [0.3, 0.4) is 0 Å². The minimum atomic E-state index is -1.11. The predicted molar refractivity (Wildman–Crippen MR) is 65.9 cm³/mol. The van der Waals surface area contributed by atoms with Crippen molar-refractivity contribution in [2.24, 2.45) is 7.05 Å². The van der Waals surface area contributed by atoms with Gasteiger partial charge in [-0.05, 0) is 25.1 Å². The highest BCUT2D eigenvalue weighted by Crippen LogP contribution is 2.19. The lowest BCUT2D eigenvalue weighted by Gasteiger charge is -2.12. The summed E-state index contributed by atoms with van der Waals surface area (Å²) in [5.74, 6) is -1.11. The third kappa shape index (κ3) is 1.70. The highest BCUT2D eigenvalue weighted by atomic mass is 35.5. The molecule has 0 bridgehead atoms. The van der Waals surface area contributed by atoms with Gasteiger partial charge in [-0.3, -0.25) is 4.79 Å². The van der Waals surface area contributed by atoms with Crippen molar-refractivity contribution in [3.63, 3.8) is 0 Å². The van der Waals surface area contributed by atoms with Gasteiger partial charge in [0.15, 0.2) is 5.43 Å². The molecule has 4 nitrogen and oxygen atoms in total. The van der Waals surface area contributed by atoms with Gasteiger partial charge in [0.25, 0.3) is 0 Å². The van der Waals surface area contributed by atoms with Crippen LogP contribution in [0.15, 0.2) is 23.0 Å². The van der Waals surface area contributed by atoms with E-state index < -0.39 is 5.97 Å². The molecule has 0 atom stereocenters. The van der Waals surface area contributed by atoms with Crippen molar-refractivity contribution in [1.29, 1.82) is 0 Å². The molecule has 0 saturated heterocycles. The molecular weight excluding hydrogens is 242 g/mol. The molecule has 1 N–H and O–H groups in total. The maximum Gasteiger partial charge on any atom is 0.352 e. The third-order valence-corrected chi connectivity index (χ3v) is 3.03. The van der Waals surface area contributed by atoms with E-state index in [2.05, 4.69) is 0 Å². The maximum atomic E-state index is 12.0. The largest absolute Gasteiger partial charge is 0.477 e. The standard InChI is InChI=1S/C12H10ClNO3/c1-6-10(12(16)17)14(2)9-4-3-7(13)5-8(9)11(6)15/h3-5H,1-2H3,(H,16,17). The van der Waals surface area contributed by atoms with E-state index in [1.807, 2.05) is 0 Å². The van der Waals surface area contributed by atoms with Gasteiger partial charge in [0.05, 0.1) is 5.52 Å². The molecule has 0 aliphatic carbocycles. The number of nitrogens with zero attached hydrogens (tertiary/aromatic N) is 1. The molecule has 0 aliphatic rings. The molecule has 0 radical (unpaired) electrons. The Kier molecular flexibility index (Phi) is 2.67. The van der Waals surface area contributed by atoms with Gasteiger partial charge < -0.3 is 9.67 Å². The summed E-state index contributed by atoms with van der Waals surface area (Å²) in [7, 11) is 1.62. The molecule has 0 fully saturated rings. The van der Waals surface area contributed by atoms with Gasteiger partial charge in [-0.2, -0.15) is 0 Å². The van der Waals surface area contributed by atoms with Crippen LogP contribution in [0.25, 0.3) is 10.9 Å². The summed E-state index contributed by atoms with van der Waals surface area (Å²) >= 11 is 5.83. The number of aromatic nitrogens is 1. The zero-order valence-corrected chi connectivity index (χ0v) is 10.1. The molecule has 1 aromatic heterocycles. The number of carbonyl (C=O) groups is 1. The first-order chi connectivity index (χ1) is 7.93. The van der Waals surface area contributed by atoms with Crippen molar-refractivity contribution in [3.8, 4) is 0 Å². The first kappa shape index (κ1) is 11.7. The van der Waals surface area contributed by atoms with Crippen LogP contribution in [-0.2, 0) is 7.05 Å². The molecule has 0 unspecified atom stereocenters. The molecule has 0 aliphatic heterocycles. The molecule has 1 heterocycles. The van der Waals surface area contributed by atoms with Gasteiger partial charge in [-0.25, -0.2) is 4.79 Å². The Labute approximate surface area is 102 Å². The van der Waals surface area contributed by atoms with Crippen LogP contribution in [0, 0.1) is 6.92 Å². The Morgan fingerprint density at radius 1 is 1.41 bits per heavy atom. The second-order valence-corrected chi connectivity index (χ2v) is 4.26. The summed E-state index contributed by atoms with van der Waals surface area (Å²) in [5.41, 5.74) is 0.486.